The summed E-state index contributed by atoms with van der Waals surface area (Å²) in [6.07, 6.45) is 0.163. The first-order chi connectivity index (χ1) is 13.4. The molecule has 2 heterocycles. The Bertz CT molecular complexity index is 812. The van der Waals surface area contributed by atoms with Crippen LogP contribution >= 0.6 is 11.3 Å². The minimum atomic E-state index is -0.139. The fourth-order valence-corrected chi connectivity index (χ4v) is 3.54. The summed E-state index contributed by atoms with van der Waals surface area (Å²) in [7, 11) is 5.98. The van der Waals surface area contributed by atoms with E-state index in [2.05, 4.69) is 20.5 Å². The predicted molar refractivity (Wildman–Crippen MR) is 113 cm³/mol. The van der Waals surface area contributed by atoms with Crippen LogP contribution in [0.1, 0.15) is 5.69 Å². The number of urea groups is 1. The summed E-state index contributed by atoms with van der Waals surface area (Å²) < 4.78 is 0. The molecule has 1 fully saturated rings. The summed E-state index contributed by atoms with van der Waals surface area (Å²) >= 11 is 1.33. The van der Waals surface area contributed by atoms with Crippen LogP contribution in [-0.2, 0) is 11.2 Å². The lowest BCUT2D eigenvalue weighted by Gasteiger charge is -2.32. The highest BCUT2D eigenvalue weighted by Crippen LogP contribution is 2.18. The molecule has 1 aromatic carbocycles. The van der Waals surface area contributed by atoms with Crippen molar-refractivity contribution in [3.8, 4) is 0 Å². The van der Waals surface area contributed by atoms with Gasteiger partial charge in [-0.15, -0.1) is 11.3 Å². The van der Waals surface area contributed by atoms with Gasteiger partial charge < -0.3 is 20.0 Å². The number of nitrogens with one attached hydrogen (secondary N) is 2. The lowest BCUT2D eigenvalue weighted by Crippen LogP contribution is -2.48. The average molecular weight is 403 g/mol. The van der Waals surface area contributed by atoms with Crippen molar-refractivity contribution in [3.05, 3.63) is 35.3 Å². The van der Waals surface area contributed by atoms with E-state index < -0.39 is 0 Å². The Kier molecular flexibility index (Phi) is 6.48. The molecule has 0 unspecified atom stereocenters. The fourth-order valence-electron chi connectivity index (χ4n) is 2.84. The van der Waals surface area contributed by atoms with Crippen LogP contribution in [0.2, 0.25) is 0 Å². The number of piperazine rings is 1. The molecular formula is C19H26N6O2S. The second kappa shape index (κ2) is 9.03. The van der Waals surface area contributed by atoms with Gasteiger partial charge in [-0.05, 0) is 31.3 Å². The number of carbonyl (C=O) groups is 2. The Balaban J connectivity index is 1.49. The van der Waals surface area contributed by atoms with Gasteiger partial charge in [-0.25, -0.2) is 9.78 Å². The largest absolute Gasteiger partial charge is 0.378 e. The molecule has 150 valence electrons. The van der Waals surface area contributed by atoms with Gasteiger partial charge in [-0.3, -0.25) is 10.1 Å². The van der Waals surface area contributed by atoms with Crippen molar-refractivity contribution >= 4 is 39.8 Å². The molecule has 2 aromatic rings. The van der Waals surface area contributed by atoms with E-state index in [1.54, 1.807) is 10.3 Å². The lowest BCUT2D eigenvalue weighted by molar-refractivity contribution is -0.115. The molecule has 0 bridgehead atoms. The Morgan fingerprint density at radius 1 is 1.11 bits per heavy atom. The van der Waals surface area contributed by atoms with Crippen molar-refractivity contribution in [1.29, 1.82) is 0 Å². The molecular weight excluding hydrogens is 376 g/mol. The van der Waals surface area contributed by atoms with Crippen molar-refractivity contribution in [3.63, 3.8) is 0 Å². The second-order valence-corrected chi connectivity index (χ2v) is 7.89. The highest BCUT2D eigenvalue weighted by molar-refractivity contribution is 7.13. The van der Waals surface area contributed by atoms with Gasteiger partial charge in [0.05, 0.1) is 12.1 Å². The van der Waals surface area contributed by atoms with Crippen LogP contribution in [0.5, 0.6) is 0 Å². The minimum Gasteiger partial charge on any atom is -0.378 e. The monoisotopic (exact) mass is 402 g/mol. The summed E-state index contributed by atoms with van der Waals surface area (Å²) in [6.45, 7) is 3.14. The number of benzene rings is 1. The number of carbonyl (C=O) groups excluding carboxylic acids is 2. The topological polar surface area (TPSA) is 80.8 Å². The maximum absolute atomic E-state index is 12.3. The van der Waals surface area contributed by atoms with Crippen molar-refractivity contribution < 1.29 is 9.59 Å². The van der Waals surface area contributed by atoms with E-state index in [1.165, 1.54) is 11.3 Å². The van der Waals surface area contributed by atoms with E-state index in [0.717, 1.165) is 24.5 Å². The lowest BCUT2D eigenvalue weighted by atomic mass is 10.2. The van der Waals surface area contributed by atoms with Crippen molar-refractivity contribution in [2.45, 2.75) is 6.42 Å². The van der Waals surface area contributed by atoms with E-state index in [9.17, 15) is 9.59 Å². The summed E-state index contributed by atoms with van der Waals surface area (Å²) in [5.74, 6) is -0.139. The normalized spacial score (nSPS) is 14.6. The molecule has 0 spiro atoms. The molecule has 2 N–H and O–H groups in total. The molecule has 0 aliphatic carbocycles. The van der Waals surface area contributed by atoms with Crippen LogP contribution in [0.15, 0.2) is 29.6 Å². The zero-order chi connectivity index (χ0) is 20.1. The third kappa shape index (κ3) is 5.43. The van der Waals surface area contributed by atoms with E-state index in [1.807, 2.05) is 50.3 Å². The van der Waals surface area contributed by atoms with Gasteiger partial charge in [0, 0.05) is 57.0 Å². The molecule has 0 atom stereocenters. The second-order valence-electron chi connectivity index (χ2n) is 7.03. The van der Waals surface area contributed by atoms with Gasteiger partial charge in [-0.2, -0.15) is 0 Å². The quantitative estimate of drug-likeness (QED) is 0.801. The maximum atomic E-state index is 12.3. The van der Waals surface area contributed by atoms with Crippen LogP contribution < -0.4 is 15.5 Å². The summed E-state index contributed by atoms with van der Waals surface area (Å²) in [4.78, 5) is 34.9. The first-order valence-corrected chi connectivity index (χ1v) is 10.0. The van der Waals surface area contributed by atoms with Crippen molar-refractivity contribution in [1.82, 2.24) is 14.8 Å². The third-order valence-electron chi connectivity index (χ3n) is 4.57. The number of hydrogen-bond acceptors (Lipinski definition) is 6. The first kappa shape index (κ1) is 20.1. The Morgan fingerprint density at radius 3 is 2.43 bits per heavy atom. The van der Waals surface area contributed by atoms with Gasteiger partial charge in [0.1, 0.15) is 0 Å². The highest BCUT2D eigenvalue weighted by Gasteiger charge is 2.20. The van der Waals surface area contributed by atoms with Crippen LogP contribution in [0.4, 0.5) is 21.3 Å². The highest BCUT2D eigenvalue weighted by atomic mass is 32.1. The molecule has 28 heavy (non-hydrogen) atoms. The number of thiazole rings is 1. The van der Waals surface area contributed by atoms with Gasteiger partial charge in [0.25, 0.3) is 0 Å². The summed E-state index contributed by atoms with van der Waals surface area (Å²) in [5.41, 5.74) is 2.45. The molecule has 1 saturated heterocycles. The smallest absolute Gasteiger partial charge is 0.323 e. The number of hydrogen-bond donors (Lipinski definition) is 2. The standard InChI is InChI=1S/C19H26N6O2S/c1-23(2)16-6-4-14(5-7-16)20-17(26)12-15-13-28-18(21-15)22-19(27)25-10-8-24(3)9-11-25/h4-7,13H,8-12H2,1-3H3,(H,20,26)(H,21,22,27). The van der Waals surface area contributed by atoms with Gasteiger partial charge in [0.15, 0.2) is 5.13 Å². The number of likely N-dealkylation sites (N-methyl/N-ethyl adjacent to an activating group) is 1. The average Bonchev–Trinajstić information content (AvgIpc) is 3.09. The number of rotatable bonds is 5. The van der Waals surface area contributed by atoms with Crippen LogP contribution in [0, 0.1) is 0 Å². The number of nitrogens with zero attached hydrogens (tertiary/aromatic N) is 4. The van der Waals surface area contributed by atoms with Gasteiger partial charge in [-0.1, -0.05) is 0 Å². The molecule has 3 rings (SSSR count). The number of anilines is 3. The fraction of sp³-hybridized carbons (Fsp3) is 0.421. The van der Waals surface area contributed by atoms with Crippen LogP contribution in [0.3, 0.4) is 0 Å². The molecule has 9 heteroatoms. The molecule has 1 aliphatic heterocycles. The van der Waals surface area contributed by atoms with Gasteiger partial charge >= 0.3 is 6.03 Å². The zero-order valence-corrected chi connectivity index (χ0v) is 17.3. The van der Waals surface area contributed by atoms with Crippen LogP contribution in [-0.4, -0.2) is 74.0 Å². The first-order valence-electron chi connectivity index (χ1n) is 9.17. The molecule has 0 saturated carbocycles. The van der Waals surface area contributed by atoms with E-state index in [4.69, 9.17) is 0 Å². The number of amides is 3. The van der Waals surface area contributed by atoms with Crippen LogP contribution in [0.25, 0.3) is 0 Å². The van der Waals surface area contributed by atoms with Gasteiger partial charge in [0.2, 0.25) is 5.91 Å². The Labute approximate surface area is 169 Å². The SMILES string of the molecule is CN1CCN(C(=O)Nc2nc(CC(=O)Nc3ccc(N(C)C)cc3)cs2)CC1. The van der Waals surface area contributed by atoms with E-state index in [0.29, 0.717) is 23.9 Å². The Hall–Kier alpha value is -2.65. The zero-order valence-electron chi connectivity index (χ0n) is 16.4. The molecule has 0 radical (unpaired) electrons. The van der Waals surface area contributed by atoms with Crippen molar-refractivity contribution in [2.24, 2.45) is 0 Å². The summed E-state index contributed by atoms with van der Waals surface area (Å²) in [6, 6.07) is 7.50. The molecule has 8 nitrogen and oxygen atoms in total. The molecule has 1 aliphatic rings. The van der Waals surface area contributed by atoms with Crippen molar-refractivity contribution in [2.75, 3.05) is 62.9 Å². The Morgan fingerprint density at radius 2 is 1.79 bits per heavy atom. The van der Waals surface area contributed by atoms with E-state index in [-0.39, 0.29) is 18.4 Å². The van der Waals surface area contributed by atoms with E-state index >= 15 is 0 Å². The number of aromatic nitrogens is 1. The summed E-state index contributed by atoms with van der Waals surface area (Å²) in [5, 5.41) is 8.01. The predicted octanol–water partition coefficient (Wildman–Crippen LogP) is 2.17. The third-order valence-corrected chi connectivity index (χ3v) is 5.37. The maximum Gasteiger partial charge on any atom is 0.323 e. The minimum absolute atomic E-state index is 0.139. The molecule has 1 aromatic heterocycles. The molecule has 3 amide bonds.